The summed E-state index contributed by atoms with van der Waals surface area (Å²) >= 11 is 0. The van der Waals surface area contributed by atoms with Gasteiger partial charge in [0.05, 0.1) is 0 Å². The fraction of sp³-hybridized carbons (Fsp3) is 0.571. The summed E-state index contributed by atoms with van der Waals surface area (Å²) in [4.78, 5) is 0. The Morgan fingerprint density at radius 1 is 0.571 bits per heavy atom. The Bertz CT molecular complexity index is 152. The van der Waals surface area contributed by atoms with E-state index in [1.165, 1.54) is 25.7 Å². The summed E-state index contributed by atoms with van der Waals surface area (Å²) in [6, 6.07) is 0. The third-order valence-corrected chi connectivity index (χ3v) is 1.96. The van der Waals surface area contributed by atoms with Gasteiger partial charge in [-0.15, -0.1) is 0 Å². The maximum Gasteiger partial charge on any atom is -0.0169 e. The molecule has 14 heavy (non-hydrogen) atoms. The molecule has 0 saturated carbocycles. The van der Waals surface area contributed by atoms with Crippen LogP contribution in [0.4, 0.5) is 0 Å². The predicted molar refractivity (Wildman–Crippen MR) is 66.5 cm³/mol. The fourth-order valence-corrected chi connectivity index (χ4v) is 1.11. The monoisotopic (exact) mass is 192 g/mol. The first-order valence-corrected chi connectivity index (χ1v) is 5.86. The van der Waals surface area contributed by atoms with Crippen LogP contribution < -0.4 is 0 Å². The molecule has 0 heterocycles. The van der Waals surface area contributed by atoms with Crippen molar-refractivity contribution in [3.8, 4) is 0 Å². The van der Waals surface area contributed by atoms with Crippen molar-refractivity contribution in [2.45, 2.75) is 52.4 Å². The molecule has 0 aromatic rings. The molecule has 0 rings (SSSR count). The lowest BCUT2D eigenvalue weighted by Crippen LogP contribution is -1.64. The quantitative estimate of drug-likeness (QED) is 0.473. The van der Waals surface area contributed by atoms with Crippen LogP contribution in [0.5, 0.6) is 0 Å². The molecule has 0 atom stereocenters. The van der Waals surface area contributed by atoms with Gasteiger partial charge in [0.15, 0.2) is 0 Å². The van der Waals surface area contributed by atoms with E-state index in [0.717, 1.165) is 12.8 Å². The van der Waals surface area contributed by atoms with E-state index in [-0.39, 0.29) is 0 Å². The first-order chi connectivity index (χ1) is 6.91. The molecule has 0 spiro atoms. The molecular weight excluding hydrogens is 168 g/mol. The van der Waals surface area contributed by atoms with Crippen LogP contribution in [0.25, 0.3) is 0 Å². The molecule has 0 N–H and O–H groups in total. The van der Waals surface area contributed by atoms with Gasteiger partial charge >= 0.3 is 0 Å². The summed E-state index contributed by atoms with van der Waals surface area (Å²) in [6.45, 7) is 4.41. The van der Waals surface area contributed by atoms with Gasteiger partial charge in [-0.25, -0.2) is 0 Å². The van der Waals surface area contributed by atoms with Crippen LogP contribution in [-0.2, 0) is 0 Å². The van der Waals surface area contributed by atoms with E-state index in [0.29, 0.717) is 0 Å². The molecule has 0 radical (unpaired) electrons. The lowest BCUT2D eigenvalue weighted by Gasteiger charge is -1.85. The summed E-state index contributed by atoms with van der Waals surface area (Å²) in [5, 5.41) is 0. The van der Waals surface area contributed by atoms with Gasteiger partial charge in [-0.2, -0.15) is 0 Å². The third-order valence-electron chi connectivity index (χ3n) is 1.96. The zero-order valence-corrected chi connectivity index (χ0v) is 9.71. The van der Waals surface area contributed by atoms with E-state index in [9.17, 15) is 0 Å². The zero-order valence-electron chi connectivity index (χ0n) is 9.71. The number of hydrogen-bond donors (Lipinski definition) is 0. The van der Waals surface area contributed by atoms with Gasteiger partial charge in [0.2, 0.25) is 0 Å². The van der Waals surface area contributed by atoms with Crippen molar-refractivity contribution in [3.05, 3.63) is 36.5 Å². The van der Waals surface area contributed by atoms with Crippen molar-refractivity contribution in [1.29, 1.82) is 0 Å². The molecule has 0 fully saturated rings. The number of allylic oxidation sites excluding steroid dienone is 6. The van der Waals surface area contributed by atoms with E-state index in [1.807, 2.05) is 0 Å². The van der Waals surface area contributed by atoms with Crippen LogP contribution in [0.2, 0.25) is 0 Å². The molecule has 0 aliphatic heterocycles. The summed E-state index contributed by atoms with van der Waals surface area (Å²) < 4.78 is 0. The molecular formula is C14H24. The van der Waals surface area contributed by atoms with Gasteiger partial charge in [0.1, 0.15) is 0 Å². The van der Waals surface area contributed by atoms with E-state index >= 15 is 0 Å². The Morgan fingerprint density at radius 2 is 0.929 bits per heavy atom. The van der Waals surface area contributed by atoms with Crippen LogP contribution in [0, 0.1) is 0 Å². The van der Waals surface area contributed by atoms with E-state index in [2.05, 4.69) is 50.3 Å². The molecule has 0 aliphatic carbocycles. The van der Waals surface area contributed by atoms with Crippen molar-refractivity contribution < 1.29 is 0 Å². The van der Waals surface area contributed by atoms with Crippen molar-refractivity contribution in [2.75, 3.05) is 0 Å². The second-order valence-electron chi connectivity index (χ2n) is 3.46. The van der Waals surface area contributed by atoms with Crippen LogP contribution in [0.1, 0.15) is 52.4 Å². The minimum Gasteiger partial charge on any atom is -0.0882 e. The van der Waals surface area contributed by atoms with Crippen molar-refractivity contribution in [1.82, 2.24) is 0 Å². The number of unbranched alkanes of at least 4 members (excludes halogenated alkanes) is 2. The second-order valence-corrected chi connectivity index (χ2v) is 3.46. The highest BCUT2D eigenvalue weighted by molar-refractivity contribution is 4.96. The zero-order chi connectivity index (χ0) is 10.5. The van der Waals surface area contributed by atoms with Crippen molar-refractivity contribution in [2.24, 2.45) is 0 Å². The Morgan fingerprint density at radius 3 is 1.29 bits per heavy atom. The minimum absolute atomic E-state index is 1.08. The topological polar surface area (TPSA) is 0 Å². The van der Waals surface area contributed by atoms with Crippen LogP contribution in [0.15, 0.2) is 36.5 Å². The minimum atomic E-state index is 1.08. The lowest BCUT2D eigenvalue weighted by atomic mass is 10.2. The van der Waals surface area contributed by atoms with Gasteiger partial charge in [-0.1, -0.05) is 63.1 Å². The van der Waals surface area contributed by atoms with Crippen LogP contribution in [-0.4, -0.2) is 0 Å². The second kappa shape index (κ2) is 12.2. The smallest absolute Gasteiger partial charge is 0.0169 e. The molecule has 0 saturated heterocycles. The lowest BCUT2D eigenvalue weighted by molar-refractivity contribution is 0.953. The summed E-state index contributed by atoms with van der Waals surface area (Å²) in [5.74, 6) is 0. The highest BCUT2D eigenvalue weighted by Crippen LogP contribution is 1.95. The maximum atomic E-state index is 2.26. The standard InChI is InChI=1S/C14H24/c1-3-5-7-9-11-13-14-12-10-8-6-4-2/h7-10,13-14H,3-6,11-12H2,1-2H3. The van der Waals surface area contributed by atoms with Crippen molar-refractivity contribution >= 4 is 0 Å². The van der Waals surface area contributed by atoms with Gasteiger partial charge in [0, 0.05) is 0 Å². The molecule has 0 amide bonds. The van der Waals surface area contributed by atoms with Gasteiger partial charge in [-0.05, 0) is 25.7 Å². The summed E-state index contributed by atoms with van der Waals surface area (Å²) in [7, 11) is 0. The number of hydrogen-bond acceptors (Lipinski definition) is 0. The van der Waals surface area contributed by atoms with Gasteiger partial charge < -0.3 is 0 Å². The van der Waals surface area contributed by atoms with E-state index in [4.69, 9.17) is 0 Å². The molecule has 80 valence electrons. The molecule has 0 nitrogen and oxygen atoms in total. The average molecular weight is 192 g/mol. The predicted octanol–water partition coefficient (Wildman–Crippen LogP) is 5.04. The largest absolute Gasteiger partial charge is 0.0882 e. The summed E-state index contributed by atoms with van der Waals surface area (Å²) in [5.41, 5.74) is 0. The van der Waals surface area contributed by atoms with E-state index in [1.54, 1.807) is 0 Å². The molecule has 0 unspecified atom stereocenters. The Balaban J connectivity index is 3.27. The first kappa shape index (κ1) is 13.2. The van der Waals surface area contributed by atoms with Gasteiger partial charge in [-0.3, -0.25) is 0 Å². The molecule has 0 aliphatic rings. The van der Waals surface area contributed by atoms with E-state index < -0.39 is 0 Å². The normalized spacial score (nSPS) is 12.4. The first-order valence-electron chi connectivity index (χ1n) is 5.86. The fourth-order valence-electron chi connectivity index (χ4n) is 1.11. The highest BCUT2D eigenvalue weighted by atomic mass is 13.8. The maximum absolute atomic E-state index is 2.26. The van der Waals surface area contributed by atoms with Gasteiger partial charge in [0.25, 0.3) is 0 Å². The molecule has 0 aromatic carbocycles. The molecule has 0 aromatic heterocycles. The molecule has 0 heteroatoms. The highest BCUT2D eigenvalue weighted by Gasteiger charge is 1.74. The van der Waals surface area contributed by atoms with Crippen molar-refractivity contribution in [3.63, 3.8) is 0 Å². The Kier molecular flexibility index (Phi) is 11.5. The van der Waals surface area contributed by atoms with Crippen LogP contribution >= 0.6 is 0 Å². The Hall–Kier alpha value is -0.780. The number of rotatable bonds is 8. The average Bonchev–Trinajstić information content (AvgIpc) is 2.21. The molecule has 0 bridgehead atoms. The third kappa shape index (κ3) is 11.2. The summed E-state index contributed by atoms with van der Waals surface area (Å²) in [6.07, 6.45) is 20.6. The SMILES string of the molecule is CCCC=CCC=CCC=CCCC. The van der Waals surface area contributed by atoms with Crippen LogP contribution in [0.3, 0.4) is 0 Å². The Labute approximate surface area is 89.4 Å².